The van der Waals surface area contributed by atoms with Gasteiger partial charge in [-0.1, -0.05) is 12.2 Å². The third kappa shape index (κ3) is 1.20. The molecule has 0 radical (unpaired) electrons. The van der Waals surface area contributed by atoms with E-state index >= 15 is 0 Å². The number of hydrogen-bond donors (Lipinski definition) is 1. The number of nitrogens with zero attached hydrogens (tertiary/aromatic N) is 1. The van der Waals surface area contributed by atoms with Crippen LogP contribution in [-0.2, 0) is 4.74 Å². The number of rotatable bonds is 0. The first-order chi connectivity index (χ1) is 7.42. The van der Waals surface area contributed by atoms with E-state index in [1.807, 2.05) is 0 Å². The highest BCUT2D eigenvalue weighted by Crippen LogP contribution is 2.41. The fraction of sp³-hybridized carbons (Fsp3) is 0.667. The second-order valence-corrected chi connectivity index (χ2v) is 5.08. The Labute approximate surface area is 89.8 Å². The van der Waals surface area contributed by atoms with Gasteiger partial charge in [0.2, 0.25) is 0 Å². The van der Waals surface area contributed by atoms with Crippen molar-refractivity contribution in [3.63, 3.8) is 0 Å². The van der Waals surface area contributed by atoms with Crippen LogP contribution >= 0.6 is 0 Å². The average molecular weight is 204 g/mol. The van der Waals surface area contributed by atoms with Crippen LogP contribution < -0.4 is 5.32 Å². The molecule has 4 aliphatic heterocycles. The molecule has 0 aromatic rings. The van der Waals surface area contributed by atoms with Crippen molar-refractivity contribution >= 4 is 0 Å². The van der Waals surface area contributed by atoms with Gasteiger partial charge in [-0.15, -0.1) is 0 Å². The van der Waals surface area contributed by atoms with E-state index in [1.54, 1.807) is 0 Å². The molecule has 0 aliphatic carbocycles. The molecule has 3 saturated heterocycles. The molecule has 4 rings (SSSR count). The standard InChI is InChI=1S/C12H16N2O/c1-2-10-9-4-8(5-13-6-9)7-14(10)12-11(3-1)15-12/h1-3,8-9,11-13H,4-7H2/t8-,9-,11?,12?/m1/s1. The van der Waals surface area contributed by atoms with E-state index < -0.39 is 0 Å². The van der Waals surface area contributed by atoms with Gasteiger partial charge in [0, 0.05) is 24.7 Å². The van der Waals surface area contributed by atoms with Crippen molar-refractivity contribution in [2.45, 2.75) is 18.8 Å². The van der Waals surface area contributed by atoms with Gasteiger partial charge in [-0.25, -0.2) is 0 Å². The van der Waals surface area contributed by atoms with Gasteiger partial charge in [0.05, 0.1) is 0 Å². The number of epoxide rings is 1. The highest BCUT2D eigenvalue weighted by Gasteiger charge is 2.48. The van der Waals surface area contributed by atoms with Crippen LogP contribution in [0.2, 0.25) is 0 Å². The van der Waals surface area contributed by atoms with Crippen molar-refractivity contribution in [3.8, 4) is 0 Å². The van der Waals surface area contributed by atoms with Crippen LogP contribution in [0, 0.1) is 11.8 Å². The molecule has 4 atom stereocenters. The fourth-order valence-electron chi connectivity index (χ4n) is 3.27. The number of fused-ring (bicyclic) bond motifs is 6. The minimum Gasteiger partial charge on any atom is -0.347 e. The zero-order valence-corrected chi connectivity index (χ0v) is 8.73. The third-order valence-electron chi connectivity index (χ3n) is 4.02. The minimum absolute atomic E-state index is 0.360. The lowest BCUT2D eigenvalue weighted by Gasteiger charge is -2.44. The monoisotopic (exact) mass is 204 g/mol. The summed E-state index contributed by atoms with van der Waals surface area (Å²) in [6, 6.07) is 0. The third-order valence-corrected chi connectivity index (χ3v) is 4.02. The maximum atomic E-state index is 5.67. The molecule has 80 valence electrons. The number of hydrogen-bond acceptors (Lipinski definition) is 3. The molecule has 4 heterocycles. The predicted molar refractivity (Wildman–Crippen MR) is 57.1 cm³/mol. The summed E-state index contributed by atoms with van der Waals surface area (Å²) in [4.78, 5) is 2.50. The van der Waals surface area contributed by atoms with Gasteiger partial charge in [0.1, 0.15) is 6.10 Å². The van der Waals surface area contributed by atoms with Crippen LogP contribution in [0.1, 0.15) is 6.42 Å². The molecule has 1 N–H and O–H groups in total. The van der Waals surface area contributed by atoms with Gasteiger partial charge in [-0.2, -0.15) is 0 Å². The van der Waals surface area contributed by atoms with Crippen molar-refractivity contribution in [1.29, 1.82) is 0 Å². The molecule has 4 aliphatic rings. The molecule has 15 heavy (non-hydrogen) atoms. The maximum Gasteiger partial charge on any atom is 0.161 e. The number of allylic oxidation sites excluding steroid dienone is 2. The molecule has 0 aromatic carbocycles. The quantitative estimate of drug-likeness (QED) is 0.589. The Morgan fingerprint density at radius 2 is 2.40 bits per heavy atom. The molecule has 0 saturated carbocycles. The Kier molecular flexibility index (Phi) is 1.60. The summed E-state index contributed by atoms with van der Waals surface area (Å²) in [6.45, 7) is 3.51. The molecule has 3 nitrogen and oxygen atoms in total. The Morgan fingerprint density at radius 3 is 3.40 bits per heavy atom. The molecule has 2 bridgehead atoms. The summed E-state index contributed by atoms with van der Waals surface area (Å²) in [5.74, 6) is 1.54. The normalized spacial score (nSPS) is 46.4. The van der Waals surface area contributed by atoms with Gasteiger partial charge < -0.3 is 15.0 Å². The highest BCUT2D eigenvalue weighted by molar-refractivity contribution is 5.25. The smallest absolute Gasteiger partial charge is 0.161 e. The maximum absolute atomic E-state index is 5.67. The average Bonchev–Trinajstić information content (AvgIpc) is 3.00. The Balaban J connectivity index is 1.70. The van der Waals surface area contributed by atoms with E-state index in [2.05, 4.69) is 28.4 Å². The summed E-state index contributed by atoms with van der Waals surface area (Å²) in [5.41, 5.74) is 1.50. The van der Waals surface area contributed by atoms with Crippen LogP contribution in [0.15, 0.2) is 23.9 Å². The van der Waals surface area contributed by atoms with Crippen molar-refractivity contribution in [1.82, 2.24) is 10.2 Å². The van der Waals surface area contributed by atoms with Crippen molar-refractivity contribution < 1.29 is 4.74 Å². The van der Waals surface area contributed by atoms with E-state index in [0.717, 1.165) is 12.5 Å². The van der Waals surface area contributed by atoms with E-state index in [4.69, 9.17) is 4.74 Å². The topological polar surface area (TPSA) is 27.8 Å². The zero-order chi connectivity index (χ0) is 9.83. The van der Waals surface area contributed by atoms with Crippen LogP contribution in [-0.4, -0.2) is 36.9 Å². The molecule has 2 unspecified atom stereocenters. The highest BCUT2D eigenvalue weighted by atomic mass is 16.6. The molecule has 0 amide bonds. The van der Waals surface area contributed by atoms with Crippen LogP contribution in [0.5, 0.6) is 0 Å². The molecule has 0 aromatic heterocycles. The van der Waals surface area contributed by atoms with E-state index in [9.17, 15) is 0 Å². The Bertz CT molecular complexity index is 350. The largest absolute Gasteiger partial charge is 0.347 e. The summed E-state index contributed by atoms with van der Waals surface area (Å²) >= 11 is 0. The van der Waals surface area contributed by atoms with Crippen molar-refractivity contribution in [2.75, 3.05) is 19.6 Å². The molecule has 0 spiro atoms. The van der Waals surface area contributed by atoms with Crippen molar-refractivity contribution in [3.05, 3.63) is 23.9 Å². The van der Waals surface area contributed by atoms with E-state index in [-0.39, 0.29) is 0 Å². The lowest BCUT2D eigenvalue weighted by molar-refractivity contribution is 0.106. The lowest BCUT2D eigenvalue weighted by atomic mass is 9.83. The van der Waals surface area contributed by atoms with Gasteiger partial charge in [-0.05, 0) is 25.0 Å². The first kappa shape index (κ1) is 8.36. The van der Waals surface area contributed by atoms with E-state index in [1.165, 1.54) is 25.2 Å². The zero-order valence-electron chi connectivity index (χ0n) is 8.73. The molecular weight excluding hydrogens is 188 g/mol. The Hall–Kier alpha value is -0.800. The number of ether oxygens (including phenoxy) is 1. The second-order valence-electron chi connectivity index (χ2n) is 5.08. The van der Waals surface area contributed by atoms with E-state index in [0.29, 0.717) is 18.2 Å². The van der Waals surface area contributed by atoms with Crippen LogP contribution in [0.3, 0.4) is 0 Å². The molecule has 3 heteroatoms. The van der Waals surface area contributed by atoms with Crippen molar-refractivity contribution in [2.24, 2.45) is 11.8 Å². The summed E-state index contributed by atoms with van der Waals surface area (Å²) in [7, 11) is 0. The van der Waals surface area contributed by atoms with Crippen LogP contribution in [0.25, 0.3) is 0 Å². The van der Waals surface area contributed by atoms with Crippen LogP contribution in [0.4, 0.5) is 0 Å². The summed E-state index contributed by atoms with van der Waals surface area (Å²) in [5, 5.41) is 3.54. The lowest BCUT2D eigenvalue weighted by Crippen LogP contribution is -2.50. The fourth-order valence-corrected chi connectivity index (χ4v) is 3.27. The SMILES string of the molecule is C1=CC2OC2N2C[C@H]3CNC[C@@H](C3)C2=C1. The first-order valence-electron chi connectivity index (χ1n) is 5.93. The molecular formula is C12H16N2O. The Morgan fingerprint density at radius 1 is 1.40 bits per heavy atom. The second kappa shape index (κ2) is 2.86. The summed E-state index contributed by atoms with van der Waals surface area (Å²) < 4.78 is 5.67. The minimum atomic E-state index is 0.360. The molecule has 3 fully saturated rings. The van der Waals surface area contributed by atoms with Gasteiger partial charge >= 0.3 is 0 Å². The summed E-state index contributed by atoms with van der Waals surface area (Å²) in [6.07, 6.45) is 8.75. The number of nitrogens with one attached hydrogen (secondary N) is 1. The van der Waals surface area contributed by atoms with Gasteiger partial charge in [0.25, 0.3) is 0 Å². The van der Waals surface area contributed by atoms with Gasteiger partial charge in [-0.3, -0.25) is 0 Å². The first-order valence-corrected chi connectivity index (χ1v) is 5.93. The van der Waals surface area contributed by atoms with Gasteiger partial charge in [0.15, 0.2) is 6.23 Å². The predicted octanol–water partition coefficient (Wildman–Crippen LogP) is 0.706. The number of piperidine rings is 2.